The molecule has 1 aliphatic heterocycles. The van der Waals surface area contributed by atoms with E-state index in [1.54, 1.807) is 24.5 Å². The molecule has 5 rings (SSSR count). The summed E-state index contributed by atoms with van der Waals surface area (Å²) in [5.74, 6) is 0.227. The number of carbonyl (C=O) groups is 1. The Balaban J connectivity index is 1.25. The minimum Gasteiger partial charge on any atom is -0.352 e. The maximum absolute atomic E-state index is 14.0. The van der Waals surface area contributed by atoms with Crippen LogP contribution in [0.4, 0.5) is 15.9 Å². The van der Waals surface area contributed by atoms with E-state index in [1.165, 1.54) is 6.07 Å². The number of fused-ring (bicyclic) bond motifs is 1. The number of amides is 1. The van der Waals surface area contributed by atoms with Gasteiger partial charge in [-0.2, -0.15) is 5.10 Å². The van der Waals surface area contributed by atoms with Crippen molar-refractivity contribution >= 4 is 28.2 Å². The zero-order valence-electron chi connectivity index (χ0n) is 19.6. The summed E-state index contributed by atoms with van der Waals surface area (Å²) in [4.78, 5) is 20.9. The predicted octanol–water partition coefficient (Wildman–Crippen LogP) is 3.82. The molecule has 2 aromatic carbocycles. The predicted molar refractivity (Wildman–Crippen MR) is 135 cm³/mol. The molecule has 178 valence electrons. The van der Waals surface area contributed by atoms with Crippen LogP contribution in [0.25, 0.3) is 10.8 Å². The lowest BCUT2D eigenvalue weighted by molar-refractivity contribution is -0.117. The number of rotatable bonds is 6. The lowest BCUT2D eigenvalue weighted by Crippen LogP contribution is -2.49. The number of nitrogens with zero attached hydrogens (tertiary/aromatic N) is 5. The molecule has 1 saturated heterocycles. The van der Waals surface area contributed by atoms with E-state index >= 15 is 0 Å². The quantitative estimate of drug-likeness (QED) is 0.462. The molecule has 1 aliphatic rings. The van der Waals surface area contributed by atoms with Crippen molar-refractivity contribution < 1.29 is 9.18 Å². The lowest BCUT2D eigenvalue weighted by atomic mass is 10.0. The highest BCUT2D eigenvalue weighted by molar-refractivity contribution is 5.94. The molecular formula is C27H27FN6O. The van der Waals surface area contributed by atoms with Gasteiger partial charge >= 0.3 is 0 Å². The zero-order valence-corrected chi connectivity index (χ0v) is 19.6. The molecule has 0 radical (unpaired) electrons. The minimum absolute atomic E-state index is 0.214. The van der Waals surface area contributed by atoms with Crippen LogP contribution in [0, 0.1) is 12.7 Å². The first-order valence-electron chi connectivity index (χ1n) is 11.7. The smallest absolute Gasteiger partial charge is 0.238 e. The van der Waals surface area contributed by atoms with Gasteiger partial charge in [0, 0.05) is 55.8 Å². The van der Waals surface area contributed by atoms with Crippen molar-refractivity contribution in [3.8, 4) is 0 Å². The highest BCUT2D eigenvalue weighted by Crippen LogP contribution is 2.27. The molecule has 8 heteroatoms. The first-order chi connectivity index (χ1) is 17.1. The number of nitrogens with one attached hydrogen (secondary N) is 1. The van der Waals surface area contributed by atoms with Gasteiger partial charge < -0.3 is 10.2 Å². The van der Waals surface area contributed by atoms with Crippen molar-refractivity contribution in [3.63, 3.8) is 0 Å². The number of hydrogen-bond donors (Lipinski definition) is 1. The Labute approximate surface area is 203 Å². The van der Waals surface area contributed by atoms with Crippen LogP contribution in [0.3, 0.4) is 0 Å². The average Bonchev–Trinajstić information content (AvgIpc) is 2.88. The van der Waals surface area contributed by atoms with E-state index in [1.807, 2.05) is 31.2 Å². The van der Waals surface area contributed by atoms with Crippen LogP contribution in [0.1, 0.15) is 16.8 Å². The molecule has 4 aromatic rings. The number of anilines is 2. The van der Waals surface area contributed by atoms with Gasteiger partial charge in [-0.1, -0.05) is 30.3 Å². The van der Waals surface area contributed by atoms with Gasteiger partial charge in [0.2, 0.25) is 5.91 Å². The first-order valence-corrected chi connectivity index (χ1v) is 11.7. The summed E-state index contributed by atoms with van der Waals surface area (Å²) in [5.41, 5.74) is 3.21. The third-order valence-electron chi connectivity index (χ3n) is 6.30. The zero-order chi connectivity index (χ0) is 24.2. The van der Waals surface area contributed by atoms with Crippen molar-refractivity contribution in [2.75, 3.05) is 42.9 Å². The second-order valence-corrected chi connectivity index (χ2v) is 8.84. The SMILES string of the molecule is Cc1ccc(F)c(NC(=O)CN2CCN(c3nnc(Cc4ccncc4)c4ccccc34)CC2)c1. The summed E-state index contributed by atoms with van der Waals surface area (Å²) in [7, 11) is 0. The number of pyridine rings is 1. The Morgan fingerprint density at radius 3 is 2.49 bits per heavy atom. The van der Waals surface area contributed by atoms with Crippen molar-refractivity contribution in [1.29, 1.82) is 0 Å². The largest absolute Gasteiger partial charge is 0.352 e. The summed E-state index contributed by atoms with van der Waals surface area (Å²) in [6.07, 6.45) is 4.27. The van der Waals surface area contributed by atoms with Crippen LogP contribution >= 0.6 is 0 Å². The molecule has 0 bridgehead atoms. The highest BCUT2D eigenvalue weighted by atomic mass is 19.1. The number of benzene rings is 2. The van der Waals surface area contributed by atoms with Crippen LogP contribution in [0.15, 0.2) is 67.0 Å². The Hall–Kier alpha value is -3.91. The van der Waals surface area contributed by atoms with Crippen LogP contribution < -0.4 is 10.2 Å². The Morgan fingerprint density at radius 1 is 0.971 bits per heavy atom. The molecule has 35 heavy (non-hydrogen) atoms. The van der Waals surface area contributed by atoms with Gasteiger partial charge in [0.1, 0.15) is 5.82 Å². The van der Waals surface area contributed by atoms with E-state index in [2.05, 4.69) is 42.4 Å². The average molecular weight is 471 g/mol. The van der Waals surface area contributed by atoms with Crippen LogP contribution in [-0.4, -0.2) is 58.7 Å². The Bertz CT molecular complexity index is 1340. The maximum Gasteiger partial charge on any atom is 0.238 e. The molecule has 0 atom stereocenters. The molecule has 0 saturated carbocycles. The molecule has 1 amide bonds. The fraction of sp³-hybridized carbons (Fsp3) is 0.259. The number of aryl methyl sites for hydroxylation is 1. The normalized spacial score (nSPS) is 14.3. The number of halogens is 1. The second-order valence-electron chi connectivity index (χ2n) is 8.84. The van der Waals surface area contributed by atoms with Crippen molar-refractivity contribution in [1.82, 2.24) is 20.1 Å². The standard InChI is InChI=1S/C27H27FN6O/c1-19-6-7-23(28)25(16-19)30-26(35)18-33-12-14-34(15-13-33)27-22-5-3-2-4-21(22)24(31-32-27)17-20-8-10-29-11-9-20/h2-11,16H,12-15,17-18H2,1H3,(H,30,35). The van der Waals surface area contributed by atoms with Gasteiger partial charge in [-0.15, -0.1) is 5.10 Å². The lowest BCUT2D eigenvalue weighted by Gasteiger charge is -2.35. The fourth-order valence-corrected chi connectivity index (χ4v) is 4.45. The number of hydrogen-bond acceptors (Lipinski definition) is 6. The summed E-state index contributed by atoms with van der Waals surface area (Å²) in [6, 6.07) is 16.9. The van der Waals surface area contributed by atoms with E-state index in [0.29, 0.717) is 19.5 Å². The van der Waals surface area contributed by atoms with Gasteiger partial charge in [-0.05, 0) is 42.3 Å². The van der Waals surface area contributed by atoms with Crippen molar-refractivity contribution in [3.05, 3.63) is 89.6 Å². The molecule has 3 heterocycles. The molecule has 7 nitrogen and oxygen atoms in total. The first kappa shape index (κ1) is 22.9. The number of carbonyl (C=O) groups excluding carboxylic acids is 1. The topological polar surface area (TPSA) is 74.2 Å². The molecule has 1 N–H and O–H groups in total. The third kappa shape index (κ3) is 5.27. The number of aromatic nitrogens is 3. The summed E-state index contributed by atoms with van der Waals surface area (Å²) >= 11 is 0. The van der Waals surface area contributed by atoms with E-state index in [-0.39, 0.29) is 18.1 Å². The molecular weight excluding hydrogens is 443 g/mol. The van der Waals surface area contributed by atoms with Crippen LogP contribution in [-0.2, 0) is 11.2 Å². The molecule has 0 aliphatic carbocycles. The third-order valence-corrected chi connectivity index (χ3v) is 6.30. The Morgan fingerprint density at radius 2 is 1.71 bits per heavy atom. The van der Waals surface area contributed by atoms with E-state index in [9.17, 15) is 9.18 Å². The van der Waals surface area contributed by atoms with E-state index in [0.717, 1.165) is 46.5 Å². The van der Waals surface area contributed by atoms with E-state index < -0.39 is 5.82 Å². The fourth-order valence-electron chi connectivity index (χ4n) is 4.45. The highest BCUT2D eigenvalue weighted by Gasteiger charge is 2.23. The maximum atomic E-state index is 14.0. The van der Waals surface area contributed by atoms with Gasteiger partial charge in [0.25, 0.3) is 0 Å². The summed E-state index contributed by atoms with van der Waals surface area (Å²) in [5, 5.41) is 14.1. The number of piperazine rings is 1. The van der Waals surface area contributed by atoms with Crippen LogP contribution in [0.2, 0.25) is 0 Å². The Kier molecular flexibility index (Phi) is 6.63. The van der Waals surface area contributed by atoms with Crippen molar-refractivity contribution in [2.45, 2.75) is 13.3 Å². The van der Waals surface area contributed by atoms with E-state index in [4.69, 9.17) is 0 Å². The minimum atomic E-state index is -0.424. The van der Waals surface area contributed by atoms with Gasteiger partial charge in [-0.25, -0.2) is 4.39 Å². The molecule has 0 spiro atoms. The molecule has 2 aromatic heterocycles. The molecule has 0 unspecified atom stereocenters. The van der Waals surface area contributed by atoms with Gasteiger partial charge in [-0.3, -0.25) is 14.7 Å². The summed E-state index contributed by atoms with van der Waals surface area (Å²) in [6.45, 7) is 4.96. The summed E-state index contributed by atoms with van der Waals surface area (Å²) < 4.78 is 14.0. The van der Waals surface area contributed by atoms with Gasteiger partial charge in [0.05, 0.1) is 17.9 Å². The van der Waals surface area contributed by atoms with Gasteiger partial charge in [0.15, 0.2) is 5.82 Å². The van der Waals surface area contributed by atoms with Crippen LogP contribution in [0.5, 0.6) is 0 Å². The monoisotopic (exact) mass is 470 g/mol. The van der Waals surface area contributed by atoms with Crippen molar-refractivity contribution in [2.24, 2.45) is 0 Å². The second kappa shape index (κ2) is 10.1. The molecule has 1 fully saturated rings.